The molecule has 152 valence electrons. The van der Waals surface area contributed by atoms with Crippen LogP contribution in [0, 0.1) is 0 Å². The van der Waals surface area contributed by atoms with Crippen LogP contribution in [0.1, 0.15) is 17.3 Å². The molecular weight excluding hydrogens is 414 g/mol. The Hall–Kier alpha value is -3.16. The van der Waals surface area contributed by atoms with Crippen molar-refractivity contribution in [2.45, 2.75) is 11.8 Å². The third-order valence-electron chi connectivity index (χ3n) is 4.07. The van der Waals surface area contributed by atoms with E-state index in [1.165, 1.54) is 18.7 Å². The Morgan fingerprint density at radius 1 is 0.800 bits per heavy atom. The molecule has 3 aromatic rings. The van der Waals surface area contributed by atoms with E-state index < -0.39 is 0 Å². The van der Waals surface area contributed by atoms with Gasteiger partial charge in [0.05, 0.1) is 5.75 Å². The molecule has 0 bridgehead atoms. The van der Waals surface area contributed by atoms with E-state index in [1.54, 1.807) is 24.3 Å². The first-order chi connectivity index (χ1) is 14.5. The van der Waals surface area contributed by atoms with Crippen LogP contribution in [-0.4, -0.2) is 22.6 Å². The number of para-hydroxylation sites is 1. The minimum absolute atomic E-state index is 0.00428. The monoisotopic (exact) mass is 435 g/mol. The highest BCUT2D eigenvalue weighted by molar-refractivity contribution is 8.00. The molecule has 0 aliphatic heterocycles. The molecule has 0 atom stereocenters. The molecule has 1 amide bonds. The lowest BCUT2D eigenvalue weighted by atomic mass is 10.1. The number of hydrogen-bond acceptors (Lipinski definition) is 4. The Balaban J connectivity index is 1.50. The first-order valence-corrected chi connectivity index (χ1v) is 10.7. The van der Waals surface area contributed by atoms with Crippen molar-refractivity contribution in [2.24, 2.45) is 0 Å². The summed E-state index contributed by atoms with van der Waals surface area (Å²) in [5.41, 5.74) is 3.03. The topological polar surface area (TPSA) is 70.2 Å². The van der Waals surface area contributed by atoms with Crippen LogP contribution in [0.25, 0.3) is 0 Å². The molecule has 0 heterocycles. The van der Waals surface area contributed by atoms with Crippen LogP contribution < -0.4 is 16.0 Å². The van der Waals surface area contributed by atoms with Gasteiger partial charge in [-0.1, -0.05) is 24.3 Å². The number of nitrogens with one attached hydrogen (secondary N) is 3. The fraction of sp³-hybridized carbons (Fsp3) is 0.0870. The first kappa shape index (κ1) is 21.5. The van der Waals surface area contributed by atoms with Gasteiger partial charge in [-0.2, -0.15) is 0 Å². The number of ketones is 1. The average molecular weight is 436 g/mol. The van der Waals surface area contributed by atoms with Crippen LogP contribution in [0.5, 0.6) is 0 Å². The van der Waals surface area contributed by atoms with Crippen molar-refractivity contribution in [2.75, 3.05) is 21.7 Å². The number of thioether (sulfide) groups is 1. The number of amides is 1. The zero-order chi connectivity index (χ0) is 21.3. The molecular formula is C23H21N3O2S2. The zero-order valence-corrected chi connectivity index (χ0v) is 18.0. The second-order valence-corrected chi connectivity index (χ2v) is 7.90. The van der Waals surface area contributed by atoms with Crippen molar-refractivity contribution in [3.8, 4) is 0 Å². The van der Waals surface area contributed by atoms with Crippen LogP contribution in [0.3, 0.4) is 0 Å². The maximum atomic E-state index is 12.2. The quantitative estimate of drug-likeness (QED) is 0.261. The summed E-state index contributed by atoms with van der Waals surface area (Å²) < 4.78 is 0. The van der Waals surface area contributed by atoms with Gasteiger partial charge in [0.25, 0.3) is 0 Å². The molecule has 3 rings (SSSR count). The molecule has 7 heteroatoms. The Labute approximate surface area is 185 Å². The first-order valence-electron chi connectivity index (χ1n) is 9.26. The molecule has 3 aromatic carbocycles. The van der Waals surface area contributed by atoms with Crippen molar-refractivity contribution in [1.29, 1.82) is 0 Å². The standard InChI is InChI=1S/C23H21N3O2S2/c1-16(27)17-10-12-19(13-11-17)24-22(28)15-30-21-9-5-8-20(14-21)26-23(29)25-18-6-3-2-4-7-18/h2-14H,15H2,1H3,(H,24,28)(H2,25,26,29). The van der Waals surface area contributed by atoms with Gasteiger partial charge in [-0.25, -0.2) is 0 Å². The normalized spacial score (nSPS) is 10.2. The minimum atomic E-state index is -0.116. The molecule has 0 unspecified atom stereocenters. The van der Waals surface area contributed by atoms with E-state index in [1.807, 2.05) is 54.6 Å². The highest BCUT2D eigenvalue weighted by atomic mass is 32.2. The molecule has 0 fully saturated rings. The van der Waals surface area contributed by atoms with Crippen LogP contribution in [0.15, 0.2) is 83.8 Å². The Morgan fingerprint density at radius 3 is 2.13 bits per heavy atom. The largest absolute Gasteiger partial charge is 0.332 e. The fourth-order valence-corrected chi connectivity index (χ4v) is 3.60. The van der Waals surface area contributed by atoms with Crippen molar-refractivity contribution in [1.82, 2.24) is 0 Å². The van der Waals surface area contributed by atoms with E-state index in [4.69, 9.17) is 12.2 Å². The van der Waals surface area contributed by atoms with Gasteiger partial charge in [0.15, 0.2) is 10.9 Å². The molecule has 5 nitrogen and oxygen atoms in total. The summed E-state index contributed by atoms with van der Waals surface area (Å²) >= 11 is 6.78. The second kappa shape index (κ2) is 10.6. The van der Waals surface area contributed by atoms with Crippen molar-refractivity contribution < 1.29 is 9.59 Å². The highest BCUT2D eigenvalue weighted by Crippen LogP contribution is 2.22. The summed E-state index contributed by atoms with van der Waals surface area (Å²) in [4.78, 5) is 24.5. The molecule has 30 heavy (non-hydrogen) atoms. The van der Waals surface area contributed by atoms with Crippen LogP contribution >= 0.6 is 24.0 Å². The lowest BCUT2D eigenvalue weighted by Gasteiger charge is -2.11. The van der Waals surface area contributed by atoms with Gasteiger partial charge in [-0.05, 0) is 73.7 Å². The molecule has 0 saturated carbocycles. The Bertz CT molecular complexity index is 1040. The summed E-state index contributed by atoms with van der Waals surface area (Å²) in [5, 5.41) is 9.61. The molecule has 0 aliphatic rings. The number of anilines is 3. The van der Waals surface area contributed by atoms with Crippen LogP contribution in [0.4, 0.5) is 17.1 Å². The van der Waals surface area contributed by atoms with Gasteiger partial charge in [0.1, 0.15) is 0 Å². The van der Waals surface area contributed by atoms with E-state index in [-0.39, 0.29) is 17.4 Å². The Kier molecular flexibility index (Phi) is 7.59. The number of benzene rings is 3. The number of Topliss-reactive ketones (excluding diaryl/α,β-unsaturated/α-hetero) is 1. The fourth-order valence-electron chi connectivity index (χ4n) is 2.61. The van der Waals surface area contributed by atoms with Crippen molar-refractivity contribution >= 4 is 57.8 Å². The van der Waals surface area contributed by atoms with Crippen LogP contribution in [-0.2, 0) is 4.79 Å². The van der Waals surface area contributed by atoms with E-state index >= 15 is 0 Å². The van der Waals surface area contributed by atoms with Gasteiger partial charge < -0.3 is 16.0 Å². The third kappa shape index (κ3) is 6.72. The Morgan fingerprint density at radius 2 is 1.43 bits per heavy atom. The molecule has 0 aliphatic carbocycles. The highest BCUT2D eigenvalue weighted by Gasteiger charge is 2.06. The second-order valence-electron chi connectivity index (χ2n) is 6.44. The zero-order valence-electron chi connectivity index (χ0n) is 16.3. The SMILES string of the molecule is CC(=O)c1ccc(NC(=O)CSc2cccc(NC(=S)Nc3ccccc3)c2)cc1. The molecule has 0 saturated heterocycles. The lowest BCUT2D eigenvalue weighted by Crippen LogP contribution is -2.19. The van der Waals surface area contributed by atoms with Gasteiger partial charge in [0, 0.05) is 27.5 Å². The number of carbonyl (C=O) groups is 2. The van der Waals surface area contributed by atoms with E-state index in [9.17, 15) is 9.59 Å². The summed E-state index contributed by atoms with van der Waals surface area (Å²) in [6.07, 6.45) is 0. The lowest BCUT2D eigenvalue weighted by molar-refractivity contribution is -0.113. The number of thiocarbonyl (C=S) groups is 1. The van der Waals surface area contributed by atoms with Crippen molar-refractivity contribution in [3.05, 3.63) is 84.4 Å². The third-order valence-corrected chi connectivity index (χ3v) is 5.27. The smallest absolute Gasteiger partial charge is 0.234 e. The summed E-state index contributed by atoms with van der Waals surface area (Å²) in [7, 11) is 0. The average Bonchev–Trinajstić information content (AvgIpc) is 2.73. The number of rotatable bonds is 7. The molecule has 0 aromatic heterocycles. The summed E-state index contributed by atoms with van der Waals surface area (Å²) in [5.74, 6) is 0.149. The summed E-state index contributed by atoms with van der Waals surface area (Å²) in [6, 6.07) is 24.3. The summed E-state index contributed by atoms with van der Waals surface area (Å²) in [6.45, 7) is 1.51. The van der Waals surface area contributed by atoms with Gasteiger partial charge in [-0.3, -0.25) is 9.59 Å². The maximum absolute atomic E-state index is 12.2. The minimum Gasteiger partial charge on any atom is -0.332 e. The van der Waals surface area contributed by atoms with Crippen LogP contribution in [0.2, 0.25) is 0 Å². The maximum Gasteiger partial charge on any atom is 0.234 e. The predicted molar refractivity (Wildman–Crippen MR) is 129 cm³/mol. The molecule has 0 spiro atoms. The predicted octanol–water partition coefficient (Wildman–Crippen LogP) is 5.43. The van der Waals surface area contributed by atoms with Crippen molar-refractivity contribution in [3.63, 3.8) is 0 Å². The van der Waals surface area contributed by atoms with Gasteiger partial charge in [-0.15, -0.1) is 11.8 Å². The van der Waals surface area contributed by atoms with E-state index in [0.29, 0.717) is 16.4 Å². The van der Waals surface area contributed by atoms with Gasteiger partial charge in [0.2, 0.25) is 5.91 Å². The number of hydrogen-bond donors (Lipinski definition) is 3. The van der Waals surface area contributed by atoms with Gasteiger partial charge >= 0.3 is 0 Å². The molecule has 0 radical (unpaired) electrons. The van der Waals surface area contributed by atoms with E-state index in [2.05, 4.69) is 16.0 Å². The molecule has 3 N–H and O–H groups in total. The van der Waals surface area contributed by atoms with E-state index in [0.717, 1.165) is 16.3 Å². The number of carbonyl (C=O) groups excluding carboxylic acids is 2.